The van der Waals surface area contributed by atoms with E-state index in [1.807, 2.05) is 0 Å². The fraction of sp³-hybridized carbons (Fsp3) is 0.222. The van der Waals surface area contributed by atoms with Crippen LogP contribution in [0.25, 0.3) is 5.82 Å². The molecule has 30 heavy (non-hydrogen) atoms. The Morgan fingerprint density at radius 1 is 1.00 bits per heavy atom. The lowest BCUT2D eigenvalue weighted by Gasteiger charge is -2.13. The molecule has 5 nitrogen and oxygen atoms in total. The first-order valence-electron chi connectivity index (χ1n) is 8.32. The van der Waals surface area contributed by atoms with Crippen LogP contribution in [-0.4, -0.2) is 21.1 Å². The van der Waals surface area contributed by atoms with E-state index in [0.29, 0.717) is 10.7 Å². The molecule has 3 rings (SSSR count). The Kier molecular flexibility index (Phi) is 5.59. The summed E-state index contributed by atoms with van der Waals surface area (Å²) in [5.41, 5.74) is -1.01. The largest absolute Gasteiger partial charge is 0.573 e. The van der Waals surface area contributed by atoms with E-state index >= 15 is 0 Å². The molecule has 0 N–H and O–H groups in total. The van der Waals surface area contributed by atoms with Gasteiger partial charge in [-0.15, -0.1) is 13.2 Å². The molecule has 0 aliphatic rings. The van der Waals surface area contributed by atoms with Gasteiger partial charge in [-0.05, 0) is 30.7 Å². The fourth-order valence-electron chi connectivity index (χ4n) is 2.44. The van der Waals surface area contributed by atoms with E-state index < -0.39 is 35.6 Å². The molecule has 3 aromatic rings. The summed E-state index contributed by atoms with van der Waals surface area (Å²) in [5.74, 6) is -2.39. The normalized spacial score (nSPS) is 12.1. The maximum Gasteiger partial charge on any atom is 0.573 e. The highest BCUT2D eigenvalue weighted by atomic mass is 19.4. The van der Waals surface area contributed by atoms with Gasteiger partial charge >= 0.3 is 12.5 Å². The quantitative estimate of drug-likeness (QED) is 0.484. The molecule has 1 aromatic carbocycles. The topological polar surface area (TPSA) is 49.2 Å². The standard InChI is InChI=1S/C18H12F7N3O2/c1-2-10-8-13(19)15(28-7-6-14(27-28)17(20,21)22)26-16(10)29-11-4-3-5-12(9-11)30-18(23,24)25/h3-9H,2H2,1H3. The van der Waals surface area contributed by atoms with Crippen molar-refractivity contribution in [2.75, 3.05) is 0 Å². The summed E-state index contributed by atoms with van der Waals surface area (Å²) in [6.07, 6.45) is -8.54. The van der Waals surface area contributed by atoms with Crippen LogP contribution in [0.4, 0.5) is 30.7 Å². The number of aryl methyl sites for hydroxylation is 1. The van der Waals surface area contributed by atoms with E-state index in [4.69, 9.17) is 4.74 Å². The summed E-state index contributed by atoms with van der Waals surface area (Å²) >= 11 is 0. The smallest absolute Gasteiger partial charge is 0.439 e. The summed E-state index contributed by atoms with van der Waals surface area (Å²) < 4.78 is 99.6. The second-order valence-electron chi connectivity index (χ2n) is 5.88. The molecular weight excluding hydrogens is 423 g/mol. The molecule has 0 amide bonds. The Hall–Kier alpha value is -3.31. The number of nitrogens with zero attached hydrogens (tertiary/aromatic N) is 3. The molecular formula is C18H12F7N3O2. The van der Waals surface area contributed by atoms with E-state index in [-0.39, 0.29) is 23.6 Å². The van der Waals surface area contributed by atoms with Crippen molar-refractivity contribution in [2.45, 2.75) is 25.9 Å². The fourth-order valence-corrected chi connectivity index (χ4v) is 2.44. The molecule has 0 saturated carbocycles. The van der Waals surface area contributed by atoms with Crippen LogP contribution < -0.4 is 9.47 Å². The lowest BCUT2D eigenvalue weighted by molar-refractivity contribution is -0.274. The summed E-state index contributed by atoms with van der Waals surface area (Å²) in [7, 11) is 0. The number of ether oxygens (including phenoxy) is 2. The van der Waals surface area contributed by atoms with Gasteiger partial charge in [-0.1, -0.05) is 13.0 Å². The average Bonchev–Trinajstić information content (AvgIpc) is 3.12. The minimum Gasteiger partial charge on any atom is -0.439 e. The number of benzene rings is 1. The third kappa shape index (κ3) is 4.99. The van der Waals surface area contributed by atoms with Crippen molar-refractivity contribution in [2.24, 2.45) is 0 Å². The first kappa shape index (κ1) is 21.4. The van der Waals surface area contributed by atoms with Gasteiger partial charge in [0.25, 0.3) is 0 Å². The minimum atomic E-state index is -4.91. The predicted octanol–water partition coefficient (Wildman–Crippen LogP) is 5.68. The van der Waals surface area contributed by atoms with Crippen molar-refractivity contribution in [1.29, 1.82) is 0 Å². The molecule has 0 bridgehead atoms. The predicted molar refractivity (Wildman–Crippen MR) is 88.9 cm³/mol. The van der Waals surface area contributed by atoms with Crippen LogP contribution in [-0.2, 0) is 12.6 Å². The van der Waals surface area contributed by atoms with Crippen LogP contribution in [0.1, 0.15) is 18.2 Å². The van der Waals surface area contributed by atoms with Crippen molar-refractivity contribution in [3.05, 3.63) is 59.7 Å². The number of alkyl halides is 6. The van der Waals surface area contributed by atoms with Gasteiger partial charge < -0.3 is 9.47 Å². The molecule has 160 valence electrons. The van der Waals surface area contributed by atoms with Crippen LogP contribution in [0.2, 0.25) is 0 Å². The van der Waals surface area contributed by atoms with E-state index in [2.05, 4.69) is 14.8 Å². The summed E-state index contributed by atoms with van der Waals surface area (Å²) in [6, 6.07) is 6.18. The maximum absolute atomic E-state index is 14.4. The maximum atomic E-state index is 14.4. The number of hydrogen-bond donors (Lipinski definition) is 0. The second-order valence-corrected chi connectivity index (χ2v) is 5.88. The SMILES string of the molecule is CCc1cc(F)c(-n2ccc(C(F)(F)F)n2)nc1Oc1cccc(OC(F)(F)F)c1. The minimum absolute atomic E-state index is 0.104. The molecule has 12 heteroatoms. The highest BCUT2D eigenvalue weighted by Gasteiger charge is 2.34. The molecule has 2 heterocycles. The molecule has 0 aliphatic heterocycles. The first-order valence-corrected chi connectivity index (χ1v) is 8.32. The Labute approximate surface area is 164 Å². The lowest BCUT2D eigenvalue weighted by Crippen LogP contribution is -2.17. The van der Waals surface area contributed by atoms with E-state index in [0.717, 1.165) is 24.4 Å². The molecule has 0 saturated heterocycles. The zero-order valence-corrected chi connectivity index (χ0v) is 15.1. The zero-order valence-electron chi connectivity index (χ0n) is 15.1. The number of rotatable bonds is 5. The molecule has 0 fully saturated rings. The van der Waals surface area contributed by atoms with Crippen molar-refractivity contribution in [3.63, 3.8) is 0 Å². The number of aromatic nitrogens is 3. The number of pyridine rings is 1. The second kappa shape index (κ2) is 7.84. The van der Waals surface area contributed by atoms with Gasteiger partial charge in [0.05, 0.1) is 0 Å². The van der Waals surface area contributed by atoms with Gasteiger partial charge in [-0.3, -0.25) is 0 Å². The summed E-state index contributed by atoms with van der Waals surface area (Å²) in [6.45, 7) is 1.64. The number of halogens is 7. The number of hydrogen-bond acceptors (Lipinski definition) is 4. The van der Waals surface area contributed by atoms with Gasteiger partial charge in [0.15, 0.2) is 17.3 Å². The third-order valence-corrected chi connectivity index (χ3v) is 3.73. The van der Waals surface area contributed by atoms with E-state index in [9.17, 15) is 30.7 Å². The highest BCUT2D eigenvalue weighted by molar-refractivity contribution is 5.40. The zero-order chi connectivity index (χ0) is 22.1. The van der Waals surface area contributed by atoms with Crippen molar-refractivity contribution < 1.29 is 40.2 Å². The van der Waals surface area contributed by atoms with Crippen molar-refractivity contribution in [3.8, 4) is 23.2 Å². The first-order chi connectivity index (χ1) is 14.0. The van der Waals surface area contributed by atoms with Crippen molar-refractivity contribution >= 4 is 0 Å². The van der Waals surface area contributed by atoms with Crippen LogP contribution in [0.15, 0.2) is 42.6 Å². The van der Waals surface area contributed by atoms with Gasteiger partial charge in [0.2, 0.25) is 5.88 Å². The molecule has 0 aliphatic carbocycles. The van der Waals surface area contributed by atoms with Crippen LogP contribution in [0.5, 0.6) is 17.4 Å². The monoisotopic (exact) mass is 435 g/mol. The highest BCUT2D eigenvalue weighted by Crippen LogP contribution is 2.32. The van der Waals surface area contributed by atoms with E-state index in [1.165, 1.54) is 12.1 Å². The van der Waals surface area contributed by atoms with Crippen molar-refractivity contribution in [1.82, 2.24) is 14.8 Å². The molecule has 0 spiro atoms. The molecule has 0 radical (unpaired) electrons. The Bertz CT molecular complexity index is 1040. The molecule has 0 atom stereocenters. The molecule has 2 aromatic heterocycles. The average molecular weight is 435 g/mol. The van der Waals surface area contributed by atoms with Gasteiger partial charge in [-0.2, -0.15) is 23.3 Å². The van der Waals surface area contributed by atoms with E-state index in [1.54, 1.807) is 6.92 Å². The van der Waals surface area contributed by atoms with Gasteiger partial charge in [0.1, 0.15) is 11.5 Å². The Morgan fingerprint density at radius 2 is 1.70 bits per heavy atom. The third-order valence-electron chi connectivity index (χ3n) is 3.73. The Morgan fingerprint density at radius 3 is 2.30 bits per heavy atom. The molecule has 0 unspecified atom stereocenters. The van der Waals surface area contributed by atoms with Gasteiger partial charge in [-0.25, -0.2) is 9.07 Å². The summed E-state index contributed by atoms with van der Waals surface area (Å²) in [4.78, 5) is 3.88. The Balaban J connectivity index is 1.96. The summed E-state index contributed by atoms with van der Waals surface area (Å²) in [5, 5.41) is 3.26. The van der Waals surface area contributed by atoms with Crippen LogP contribution in [0, 0.1) is 5.82 Å². The van der Waals surface area contributed by atoms with Gasteiger partial charge in [0, 0.05) is 17.8 Å². The van der Waals surface area contributed by atoms with Crippen LogP contribution >= 0.6 is 0 Å². The van der Waals surface area contributed by atoms with Crippen LogP contribution in [0.3, 0.4) is 0 Å². The lowest BCUT2D eigenvalue weighted by atomic mass is 10.2.